The molecule has 0 unspecified atom stereocenters. The molecule has 2 aromatic heterocycles. The molecule has 3 rings (SSSR count). The van der Waals surface area contributed by atoms with Crippen LogP contribution in [-0.2, 0) is 16.6 Å². The Morgan fingerprint density at radius 2 is 1.87 bits per heavy atom. The highest BCUT2D eigenvalue weighted by Crippen LogP contribution is 2.18. The van der Waals surface area contributed by atoms with E-state index in [1.54, 1.807) is 30.7 Å². The lowest BCUT2D eigenvalue weighted by molar-refractivity contribution is 0.578. The van der Waals surface area contributed by atoms with Crippen molar-refractivity contribution in [1.82, 2.24) is 9.71 Å². The Kier molecular flexibility index (Phi) is 4.47. The van der Waals surface area contributed by atoms with Crippen molar-refractivity contribution in [3.05, 3.63) is 71.6 Å². The third-order valence-electron chi connectivity index (χ3n) is 3.19. The van der Waals surface area contributed by atoms with Crippen LogP contribution in [0.1, 0.15) is 5.56 Å². The maximum Gasteiger partial charge on any atom is 0.240 e. The van der Waals surface area contributed by atoms with Crippen molar-refractivity contribution in [2.75, 3.05) is 0 Å². The number of benzene rings is 1. The van der Waals surface area contributed by atoms with Crippen LogP contribution in [0.5, 0.6) is 0 Å². The first-order valence-electron chi connectivity index (χ1n) is 6.79. The van der Waals surface area contributed by atoms with E-state index >= 15 is 0 Å². The third-order valence-corrected chi connectivity index (χ3v) is 4.86. The van der Waals surface area contributed by atoms with Crippen LogP contribution >= 0.6 is 11.6 Å². The monoisotopic (exact) mass is 348 g/mol. The summed E-state index contributed by atoms with van der Waals surface area (Å²) >= 11 is 5.76. The predicted octanol–water partition coefficient (Wildman–Crippen LogP) is 3.47. The molecule has 23 heavy (non-hydrogen) atoms. The lowest BCUT2D eigenvalue weighted by Gasteiger charge is -2.07. The van der Waals surface area contributed by atoms with Crippen molar-refractivity contribution in [3.63, 3.8) is 0 Å². The lowest BCUT2D eigenvalue weighted by Crippen LogP contribution is -2.23. The smallest absolute Gasteiger partial charge is 0.240 e. The molecule has 3 aromatic rings. The van der Waals surface area contributed by atoms with E-state index in [0.717, 1.165) is 5.56 Å². The van der Waals surface area contributed by atoms with Gasteiger partial charge in [-0.15, -0.1) is 0 Å². The molecule has 1 N–H and O–H groups in total. The SMILES string of the molecule is O=S(=O)(NCc1ccc(-c2ccco2)nc1)c1ccc(Cl)cc1. The molecule has 7 heteroatoms. The van der Waals surface area contributed by atoms with Crippen LogP contribution in [0.25, 0.3) is 11.5 Å². The Balaban J connectivity index is 1.69. The number of halogens is 1. The molecule has 5 nitrogen and oxygen atoms in total. The van der Waals surface area contributed by atoms with Crippen LogP contribution in [-0.4, -0.2) is 13.4 Å². The molecule has 0 saturated heterocycles. The van der Waals surface area contributed by atoms with Gasteiger partial charge in [0.05, 0.1) is 11.2 Å². The Labute approximate surface area is 139 Å². The average molecular weight is 349 g/mol. The first-order chi connectivity index (χ1) is 11.0. The van der Waals surface area contributed by atoms with Crippen molar-refractivity contribution in [3.8, 4) is 11.5 Å². The van der Waals surface area contributed by atoms with Crippen LogP contribution in [0, 0.1) is 0 Å². The van der Waals surface area contributed by atoms with Crippen LogP contribution in [0.4, 0.5) is 0 Å². The van der Waals surface area contributed by atoms with Crippen LogP contribution in [0.2, 0.25) is 5.02 Å². The van der Waals surface area contributed by atoms with Crippen molar-refractivity contribution >= 4 is 21.6 Å². The number of nitrogens with one attached hydrogen (secondary N) is 1. The zero-order valence-corrected chi connectivity index (χ0v) is 13.5. The molecule has 0 spiro atoms. The van der Waals surface area contributed by atoms with Gasteiger partial charge in [-0.05, 0) is 48.0 Å². The summed E-state index contributed by atoms with van der Waals surface area (Å²) < 4.78 is 32.1. The molecule has 1 aromatic carbocycles. The van der Waals surface area contributed by atoms with E-state index in [-0.39, 0.29) is 11.4 Å². The number of pyridine rings is 1. The normalized spacial score (nSPS) is 11.5. The van der Waals surface area contributed by atoms with Gasteiger partial charge in [-0.2, -0.15) is 0 Å². The highest BCUT2D eigenvalue weighted by molar-refractivity contribution is 7.89. The summed E-state index contributed by atoms with van der Waals surface area (Å²) in [7, 11) is -3.58. The molecule has 0 bridgehead atoms. The quantitative estimate of drug-likeness (QED) is 0.766. The number of rotatable bonds is 5. The highest BCUT2D eigenvalue weighted by atomic mass is 35.5. The van der Waals surface area contributed by atoms with E-state index in [9.17, 15) is 8.42 Å². The first kappa shape index (κ1) is 15.7. The molecule has 0 fully saturated rings. The molecular formula is C16H13ClN2O3S. The van der Waals surface area contributed by atoms with Crippen molar-refractivity contribution < 1.29 is 12.8 Å². The second-order valence-electron chi connectivity index (χ2n) is 4.81. The summed E-state index contributed by atoms with van der Waals surface area (Å²) in [5, 5.41) is 0.488. The Hall–Kier alpha value is -2.15. The van der Waals surface area contributed by atoms with Gasteiger partial charge in [0, 0.05) is 17.8 Å². The fourth-order valence-electron chi connectivity index (χ4n) is 1.97. The van der Waals surface area contributed by atoms with Gasteiger partial charge < -0.3 is 4.42 Å². The minimum absolute atomic E-state index is 0.149. The van der Waals surface area contributed by atoms with E-state index in [2.05, 4.69) is 9.71 Å². The maximum atomic E-state index is 12.2. The summed E-state index contributed by atoms with van der Waals surface area (Å²) in [6, 6.07) is 13.2. The zero-order chi connectivity index (χ0) is 16.3. The molecular weight excluding hydrogens is 336 g/mol. The first-order valence-corrected chi connectivity index (χ1v) is 8.65. The van der Waals surface area contributed by atoms with E-state index in [4.69, 9.17) is 16.0 Å². The topological polar surface area (TPSA) is 72.2 Å². The average Bonchev–Trinajstić information content (AvgIpc) is 3.08. The van der Waals surface area contributed by atoms with Gasteiger partial charge in [-0.25, -0.2) is 13.1 Å². The second kappa shape index (κ2) is 6.54. The maximum absolute atomic E-state index is 12.2. The number of hydrogen-bond acceptors (Lipinski definition) is 4. The number of sulfonamides is 1. The summed E-state index contributed by atoms with van der Waals surface area (Å²) in [5.74, 6) is 0.665. The van der Waals surface area contributed by atoms with E-state index < -0.39 is 10.0 Å². The van der Waals surface area contributed by atoms with Gasteiger partial charge in [-0.1, -0.05) is 17.7 Å². The molecule has 0 radical (unpaired) electrons. The molecule has 0 aliphatic rings. The fraction of sp³-hybridized carbons (Fsp3) is 0.0625. The van der Waals surface area contributed by atoms with Crippen molar-refractivity contribution in [2.24, 2.45) is 0 Å². The largest absolute Gasteiger partial charge is 0.463 e. The van der Waals surface area contributed by atoms with E-state index in [1.165, 1.54) is 24.3 Å². The summed E-state index contributed by atoms with van der Waals surface area (Å²) in [6.07, 6.45) is 3.19. The minimum Gasteiger partial charge on any atom is -0.463 e. The van der Waals surface area contributed by atoms with Crippen molar-refractivity contribution in [2.45, 2.75) is 11.4 Å². The minimum atomic E-state index is -3.58. The summed E-state index contributed by atoms with van der Waals surface area (Å²) in [5.41, 5.74) is 1.44. The highest BCUT2D eigenvalue weighted by Gasteiger charge is 2.13. The molecule has 0 atom stereocenters. The van der Waals surface area contributed by atoms with Crippen LogP contribution in [0.15, 0.2) is 70.3 Å². The number of nitrogens with zero attached hydrogens (tertiary/aromatic N) is 1. The molecule has 0 amide bonds. The van der Waals surface area contributed by atoms with E-state index in [0.29, 0.717) is 16.5 Å². The third kappa shape index (κ3) is 3.79. The Morgan fingerprint density at radius 3 is 2.48 bits per heavy atom. The predicted molar refractivity (Wildman–Crippen MR) is 87.4 cm³/mol. The van der Waals surface area contributed by atoms with Gasteiger partial charge in [-0.3, -0.25) is 4.98 Å². The van der Waals surface area contributed by atoms with Crippen LogP contribution < -0.4 is 4.72 Å². The summed E-state index contributed by atoms with van der Waals surface area (Å²) in [6.45, 7) is 0.149. The van der Waals surface area contributed by atoms with Gasteiger partial charge in [0.2, 0.25) is 10.0 Å². The number of hydrogen-bond donors (Lipinski definition) is 1. The van der Waals surface area contributed by atoms with Gasteiger partial charge in [0.1, 0.15) is 5.69 Å². The fourth-order valence-corrected chi connectivity index (χ4v) is 3.12. The van der Waals surface area contributed by atoms with Gasteiger partial charge in [0.15, 0.2) is 5.76 Å². The van der Waals surface area contributed by atoms with Gasteiger partial charge in [0.25, 0.3) is 0 Å². The zero-order valence-electron chi connectivity index (χ0n) is 11.9. The molecule has 0 aliphatic carbocycles. The molecule has 0 saturated carbocycles. The van der Waals surface area contributed by atoms with E-state index in [1.807, 2.05) is 6.07 Å². The lowest BCUT2D eigenvalue weighted by atomic mass is 10.2. The number of furan rings is 1. The Bertz CT molecular complexity index is 874. The summed E-state index contributed by atoms with van der Waals surface area (Å²) in [4.78, 5) is 4.43. The van der Waals surface area contributed by atoms with Crippen LogP contribution in [0.3, 0.4) is 0 Å². The van der Waals surface area contributed by atoms with Gasteiger partial charge >= 0.3 is 0 Å². The second-order valence-corrected chi connectivity index (χ2v) is 7.01. The molecule has 2 heterocycles. The molecule has 118 valence electrons. The van der Waals surface area contributed by atoms with Crippen molar-refractivity contribution in [1.29, 1.82) is 0 Å². The number of aromatic nitrogens is 1. The standard InChI is InChI=1S/C16H13ClN2O3S/c17-13-4-6-14(7-5-13)23(20,21)19-11-12-3-8-15(18-10-12)16-2-1-9-22-16/h1-10,19H,11H2. The Morgan fingerprint density at radius 1 is 1.09 bits per heavy atom. The molecule has 0 aliphatic heterocycles.